The summed E-state index contributed by atoms with van der Waals surface area (Å²) in [5, 5.41) is 3.15. The molecular weight excluding hydrogens is 418 g/mol. The maximum Gasteiger partial charge on any atom is 0.243 e. The van der Waals surface area contributed by atoms with Crippen LogP contribution in [0.3, 0.4) is 0 Å². The van der Waals surface area contributed by atoms with Gasteiger partial charge in [-0.25, -0.2) is 8.42 Å². The fourth-order valence-corrected chi connectivity index (χ4v) is 4.77. The highest BCUT2D eigenvalue weighted by molar-refractivity contribution is 7.92. The number of hydrogen-bond acceptors (Lipinski definition) is 6. The van der Waals surface area contributed by atoms with Gasteiger partial charge in [-0.2, -0.15) is 0 Å². The van der Waals surface area contributed by atoms with Crippen LogP contribution in [0.2, 0.25) is 5.02 Å². The highest BCUT2D eigenvalue weighted by Crippen LogP contribution is 2.31. The average Bonchev–Trinajstić information content (AvgIpc) is 2.69. The van der Waals surface area contributed by atoms with Gasteiger partial charge in [0.05, 0.1) is 37.3 Å². The van der Waals surface area contributed by atoms with Crippen LogP contribution < -0.4 is 14.4 Å². The number of nitrogens with one attached hydrogen (secondary N) is 1. The van der Waals surface area contributed by atoms with Crippen LogP contribution in [0.15, 0.2) is 18.2 Å². The number of sulfonamides is 1. The van der Waals surface area contributed by atoms with Crippen molar-refractivity contribution in [3.05, 3.63) is 23.2 Å². The van der Waals surface area contributed by atoms with E-state index in [4.69, 9.17) is 21.1 Å². The van der Waals surface area contributed by atoms with Gasteiger partial charge in [0, 0.05) is 19.6 Å². The molecule has 0 unspecified atom stereocenters. The molecule has 0 aliphatic carbocycles. The zero-order valence-corrected chi connectivity index (χ0v) is 18.8. The van der Waals surface area contributed by atoms with Gasteiger partial charge < -0.3 is 14.8 Å². The molecule has 1 N–H and O–H groups in total. The third-order valence-corrected chi connectivity index (χ3v) is 6.25. The minimum atomic E-state index is -3.71. The third-order valence-electron chi connectivity index (χ3n) is 4.77. The summed E-state index contributed by atoms with van der Waals surface area (Å²) in [7, 11) is -2.23. The lowest BCUT2D eigenvalue weighted by Crippen LogP contribution is -2.49. The van der Waals surface area contributed by atoms with Crippen LogP contribution in [0.1, 0.15) is 19.8 Å². The highest BCUT2D eigenvalue weighted by atomic mass is 35.5. The van der Waals surface area contributed by atoms with Gasteiger partial charge in [0.15, 0.2) is 0 Å². The van der Waals surface area contributed by atoms with Gasteiger partial charge in [-0.15, -0.1) is 0 Å². The van der Waals surface area contributed by atoms with Crippen LogP contribution in [0, 0.1) is 0 Å². The Balaban J connectivity index is 2.05. The Hall–Kier alpha value is -1.55. The van der Waals surface area contributed by atoms with Crippen LogP contribution in [0.4, 0.5) is 5.69 Å². The number of nitrogens with zero attached hydrogens (tertiary/aromatic N) is 2. The minimum absolute atomic E-state index is 0.277. The lowest BCUT2D eigenvalue weighted by atomic mass is 10.2. The van der Waals surface area contributed by atoms with Crippen molar-refractivity contribution in [3.63, 3.8) is 0 Å². The van der Waals surface area contributed by atoms with Crippen LogP contribution in [-0.4, -0.2) is 78.0 Å². The average molecular weight is 448 g/mol. The fourth-order valence-electron chi connectivity index (χ4n) is 3.31. The van der Waals surface area contributed by atoms with Crippen molar-refractivity contribution < 1.29 is 22.7 Å². The monoisotopic (exact) mass is 447 g/mol. The Labute approximate surface area is 178 Å². The van der Waals surface area contributed by atoms with E-state index in [9.17, 15) is 13.2 Å². The number of methoxy groups -OCH3 is 1. The summed E-state index contributed by atoms with van der Waals surface area (Å²) in [6, 6.07) is 3.80. The lowest BCUT2D eigenvalue weighted by Gasteiger charge is -2.30. The third kappa shape index (κ3) is 6.74. The molecule has 1 heterocycles. The first-order valence-corrected chi connectivity index (χ1v) is 11.9. The van der Waals surface area contributed by atoms with Gasteiger partial charge in [-0.1, -0.05) is 18.5 Å². The summed E-state index contributed by atoms with van der Waals surface area (Å²) in [4.78, 5) is 15.1. The van der Waals surface area contributed by atoms with E-state index in [1.54, 1.807) is 19.1 Å². The predicted octanol–water partition coefficient (Wildman–Crippen LogP) is 1.73. The minimum Gasteiger partial charge on any atom is -0.495 e. The molecule has 0 radical (unpaired) electrons. The van der Waals surface area contributed by atoms with Crippen LogP contribution >= 0.6 is 11.6 Å². The first kappa shape index (κ1) is 23.7. The molecule has 1 atom stereocenters. The summed E-state index contributed by atoms with van der Waals surface area (Å²) in [5.74, 6) is 0.108. The van der Waals surface area contributed by atoms with Crippen LogP contribution in [0.25, 0.3) is 0 Å². The van der Waals surface area contributed by atoms with Crippen molar-refractivity contribution in [2.75, 3.05) is 57.1 Å². The SMILES string of the molecule is CC[C@@H](C(=O)NCCCN1CCOCC1)N(c1ccc(OC)c(Cl)c1)S(C)(=O)=O. The summed E-state index contributed by atoms with van der Waals surface area (Å²) >= 11 is 6.17. The molecule has 0 spiro atoms. The van der Waals surface area contributed by atoms with Gasteiger partial charge in [0.25, 0.3) is 0 Å². The fraction of sp³-hybridized carbons (Fsp3) is 0.632. The molecule has 0 saturated carbocycles. The summed E-state index contributed by atoms with van der Waals surface area (Å²) < 4.78 is 36.6. The molecule has 8 nitrogen and oxygen atoms in total. The smallest absolute Gasteiger partial charge is 0.243 e. The van der Waals surface area contributed by atoms with Gasteiger partial charge >= 0.3 is 0 Å². The van der Waals surface area contributed by atoms with E-state index < -0.39 is 16.1 Å². The van der Waals surface area contributed by atoms with Crippen LogP contribution in [0.5, 0.6) is 5.75 Å². The van der Waals surface area contributed by atoms with Crippen molar-refractivity contribution in [3.8, 4) is 5.75 Å². The van der Waals surface area contributed by atoms with Gasteiger partial charge in [-0.05, 0) is 37.6 Å². The first-order valence-electron chi connectivity index (χ1n) is 9.68. The zero-order chi connectivity index (χ0) is 21.4. The molecule has 1 aliphatic heterocycles. The molecule has 29 heavy (non-hydrogen) atoms. The van der Waals surface area contributed by atoms with Gasteiger partial charge in [0.1, 0.15) is 11.8 Å². The maximum atomic E-state index is 12.8. The number of carbonyl (C=O) groups excluding carboxylic acids is 1. The second-order valence-corrected chi connectivity index (χ2v) is 9.17. The number of amides is 1. The quantitative estimate of drug-likeness (QED) is 0.549. The normalized spacial score (nSPS) is 16.3. The van der Waals surface area contributed by atoms with Crippen LogP contribution in [-0.2, 0) is 19.6 Å². The van der Waals surface area contributed by atoms with E-state index in [-0.39, 0.29) is 10.9 Å². The number of ether oxygens (including phenoxy) is 2. The molecule has 1 aromatic carbocycles. The number of rotatable bonds is 10. The second kappa shape index (κ2) is 11.0. The Morgan fingerprint density at radius 3 is 2.62 bits per heavy atom. The van der Waals surface area contributed by atoms with E-state index >= 15 is 0 Å². The topological polar surface area (TPSA) is 88.2 Å². The number of anilines is 1. The second-order valence-electron chi connectivity index (χ2n) is 6.90. The molecule has 164 valence electrons. The molecule has 1 fully saturated rings. The zero-order valence-electron chi connectivity index (χ0n) is 17.2. The largest absolute Gasteiger partial charge is 0.495 e. The Morgan fingerprint density at radius 1 is 1.38 bits per heavy atom. The maximum absolute atomic E-state index is 12.8. The van der Waals surface area contributed by atoms with Gasteiger partial charge in [-0.3, -0.25) is 14.0 Å². The van der Waals surface area contributed by atoms with E-state index in [0.717, 1.165) is 49.8 Å². The van der Waals surface area contributed by atoms with Crippen molar-refractivity contribution in [2.24, 2.45) is 0 Å². The van der Waals surface area contributed by atoms with E-state index in [2.05, 4.69) is 10.2 Å². The predicted molar refractivity (Wildman–Crippen MR) is 114 cm³/mol. The Morgan fingerprint density at radius 2 is 2.07 bits per heavy atom. The molecule has 1 amide bonds. The molecule has 1 aromatic rings. The van der Waals surface area contributed by atoms with Crippen molar-refractivity contribution in [1.82, 2.24) is 10.2 Å². The number of carbonyl (C=O) groups is 1. The number of benzene rings is 1. The molecule has 0 aromatic heterocycles. The highest BCUT2D eigenvalue weighted by Gasteiger charge is 2.31. The lowest BCUT2D eigenvalue weighted by molar-refractivity contribution is -0.122. The standard InChI is InChI=1S/C19H30ClN3O5S/c1-4-17(19(24)21-8-5-9-22-10-12-28-13-11-22)23(29(3,25)26)15-6-7-18(27-2)16(20)14-15/h6-7,14,17H,4-5,8-13H2,1-3H3,(H,21,24)/t17-/m0/s1. The molecule has 1 aliphatic rings. The number of halogens is 1. The van der Waals surface area contributed by atoms with E-state index in [1.807, 2.05) is 0 Å². The number of hydrogen-bond donors (Lipinski definition) is 1. The molecule has 0 bridgehead atoms. The Bertz CT molecular complexity index is 784. The Kier molecular flexibility index (Phi) is 9.01. The van der Waals surface area contributed by atoms with Crippen molar-refractivity contribution in [1.29, 1.82) is 0 Å². The first-order chi connectivity index (χ1) is 13.8. The van der Waals surface area contributed by atoms with Crippen molar-refractivity contribution >= 4 is 33.2 Å². The molecule has 1 saturated heterocycles. The summed E-state index contributed by atoms with van der Waals surface area (Å²) in [5.41, 5.74) is 0.327. The molecule has 2 rings (SSSR count). The summed E-state index contributed by atoms with van der Waals surface area (Å²) in [6.07, 6.45) is 2.20. The molecule has 10 heteroatoms. The van der Waals surface area contributed by atoms with E-state index in [0.29, 0.717) is 24.4 Å². The van der Waals surface area contributed by atoms with E-state index in [1.165, 1.54) is 13.2 Å². The molecular formula is C19H30ClN3O5S. The number of morpholine rings is 1. The summed E-state index contributed by atoms with van der Waals surface area (Å²) in [6.45, 7) is 6.38. The van der Waals surface area contributed by atoms with Gasteiger partial charge in [0.2, 0.25) is 15.9 Å². The van der Waals surface area contributed by atoms with Crippen molar-refractivity contribution in [2.45, 2.75) is 25.8 Å².